The van der Waals surface area contributed by atoms with E-state index in [0.717, 1.165) is 49.7 Å². The van der Waals surface area contributed by atoms with E-state index < -0.39 is 6.10 Å². The molecule has 0 saturated heterocycles. The number of methoxy groups -OCH3 is 2. The minimum atomic E-state index is -0.544. The molecular weight excluding hydrogens is 420 g/mol. The van der Waals surface area contributed by atoms with Gasteiger partial charge in [0.15, 0.2) is 5.78 Å². The van der Waals surface area contributed by atoms with E-state index in [0.29, 0.717) is 32.0 Å². The Labute approximate surface area is 198 Å². The number of fused-ring (bicyclic) bond motifs is 4. The third-order valence-corrected chi connectivity index (χ3v) is 9.98. The van der Waals surface area contributed by atoms with Gasteiger partial charge in [0.1, 0.15) is 6.79 Å². The van der Waals surface area contributed by atoms with Gasteiger partial charge in [0.2, 0.25) is 0 Å². The number of carbonyl (C=O) groups is 2. The summed E-state index contributed by atoms with van der Waals surface area (Å²) < 4.78 is 15.8. The number of Topliss-reactive ketones (excluding diaryl/α,β-unsaturated/α-hetero) is 1. The molecule has 0 heterocycles. The van der Waals surface area contributed by atoms with Crippen LogP contribution in [0.3, 0.4) is 0 Å². The molecule has 0 spiro atoms. The molecule has 1 unspecified atom stereocenters. The van der Waals surface area contributed by atoms with Crippen molar-refractivity contribution in [2.24, 2.45) is 34.5 Å². The third-order valence-electron chi connectivity index (χ3n) is 9.98. The van der Waals surface area contributed by atoms with Crippen LogP contribution in [0.15, 0.2) is 11.1 Å². The lowest BCUT2D eigenvalue weighted by Gasteiger charge is -2.57. The molecule has 0 aromatic heterocycles. The van der Waals surface area contributed by atoms with E-state index in [9.17, 15) is 14.7 Å². The highest BCUT2D eigenvalue weighted by Crippen LogP contribution is 2.65. The Morgan fingerprint density at radius 1 is 1.18 bits per heavy atom. The Morgan fingerprint density at radius 3 is 2.64 bits per heavy atom. The first-order chi connectivity index (χ1) is 15.7. The number of allylic oxidation sites excluding steroid dienone is 1. The lowest BCUT2D eigenvalue weighted by atomic mass is 9.48. The van der Waals surface area contributed by atoms with E-state index >= 15 is 0 Å². The summed E-state index contributed by atoms with van der Waals surface area (Å²) in [6.07, 6.45) is 7.03. The maximum atomic E-state index is 13.5. The Bertz CT molecular complexity index is 804. The van der Waals surface area contributed by atoms with E-state index in [1.54, 1.807) is 7.11 Å². The minimum Gasteiger partial charge on any atom is -0.469 e. The number of aliphatic hydroxyl groups excluding tert-OH is 1. The predicted molar refractivity (Wildman–Crippen MR) is 124 cm³/mol. The van der Waals surface area contributed by atoms with Gasteiger partial charge in [0.05, 0.1) is 19.3 Å². The van der Waals surface area contributed by atoms with E-state index in [4.69, 9.17) is 14.2 Å². The van der Waals surface area contributed by atoms with Crippen molar-refractivity contribution in [3.63, 3.8) is 0 Å². The van der Waals surface area contributed by atoms with E-state index in [-0.39, 0.29) is 46.4 Å². The van der Waals surface area contributed by atoms with Crippen molar-refractivity contribution in [3.05, 3.63) is 11.1 Å². The van der Waals surface area contributed by atoms with Gasteiger partial charge in [0, 0.05) is 25.5 Å². The number of hydrogen-bond acceptors (Lipinski definition) is 6. The van der Waals surface area contributed by atoms with Gasteiger partial charge < -0.3 is 19.3 Å². The highest BCUT2D eigenvalue weighted by atomic mass is 16.7. The maximum Gasteiger partial charge on any atom is 0.305 e. The van der Waals surface area contributed by atoms with Crippen LogP contribution in [-0.2, 0) is 23.8 Å². The van der Waals surface area contributed by atoms with Crippen molar-refractivity contribution < 1.29 is 28.9 Å². The summed E-state index contributed by atoms with van der Waals surface area (Å²) in [6.45, 7) is 7.12. The first kappa shape index (κ1) is 24.9. The molecule has 0 aliphatic heterocycles. The van der Waals surface area contributed by atoms with Crippen molar-refractivity contribution in [2.45, 2.75) is 90.8 Å². The van der Waals surface area contributed by atoms with Crippen LogP contribution < -0.4 is 0 Å². The van der Waals surface area contributed by atoms with Crippen LogP contribution in [0.2, 0.25) is 0 Å². The lowest BCUT2D eigenvalue weighted by molar-refractivity contribution is -0.141. The molecule has 0 amide bonds. The predicted octanol–water partition coefficient (Wildman–Crippen LogP) is 4.44. The molecule has 33 heavy (non-hydrogen) atoms. The second kappa shape index (κ2) is 9.43. The normalized spacial score (nSPS) is 41.3. The van der Waals surface area contributed by atoms with Gasteiger partial charge in [-0.2, -0.15) is 0 Å². The zero-order chi connectivity index (χ0) is 24.0. The zero-order valence-corrected chi connectivity index (χ0v) is 21.0. The Morgan fingerprint density at radius 2 is 1.94 bits per heavy atom. The lowest BCUT2D eigenvalue weighted by Crippen LogP contribution is -2.52. The summed E-state index contributed by atoms with van der Waals surface area (Å²) in [5.41, 5.74) is 1.90. The van der Waals surface area contributed by atoms with Crippen LogP contribution >= 0.6 is 0 Å². The summed E-state index contributed by atoms with van der Waals surface area (Å²) in [5, 5.41) is 11.4. The Kier molecular flexibility index (Phi) is 7.10. The van der Waals surface area contributed by atoms with E-state index in [2.05, 4.69) is 20.8 Å². The van der Waals surface area contributed by atoms with Crippen LogP contribution in [-0.4, -0.2) is 50.1 Å². The summed E-state index contributed by atoms with van der Waals surface area (Å²) in [5.74, 6) is 1.17. The first-order valence-corrected chi connectivity index (χ1v) is 12.8. The molecular formula is C27H42O6. The van der Waals surface area contributed by atoms with Crippen LogP contribution in [0, 0.1) is 34.5 Å². The van der Waals surface area contributed by atoms with Crippen molar-refractivity contribution >= 4 is 11.8 Å². The number of hydrogen-bond donors (Lipinski definition) is 1. The quantitative estimate of drug-likeness (QED) is 0.445. The zero-order valence-electron chi connectivity index (χ0n) is 21.0. The smallest absolute Gasteiger partial charge is 0.305 e. The standard InChI is InChI=1S/C27H42O6/c1-16(6-7-23(30)32-5)20-14-22(29)25-24-19(9-11-27(20,25)3)26(2)10-8-18(33-15-31-4)12-17(26)13-21(24)28/h16-21,28H,6-15H2,1-5H3/t16-,17+,18-,19?,20-,21-,26+,27-/m1/s1. The fourth-order valence-corrected chi connectivity index (χ4v) is 8.08. The second-order valence-electron chi connectivity index (χ2n) is 11.6. The first-order valence-electron chi connectivity index (χ1n) is 12.8. The fraction of sp³-hybridized carbons (Fsp3) is 0.852. The number of esters is 1. The number of carbonyl (C=O) groups excluding carboxylic acids is 2. The molecule has 0 aromatic carbocycles. The van der Waals surface area contributed by atoms with Gasteiger partial charge >= 0.3 is 5.97 Å². The molecule has 4 aliphatic rings. The largest absolute Gasteiger partial charge is 0.469 e. The van der Waals surface area contributed by atoms with Gasteiger partial charge in [-0.3, -0.25) is 9.59 Å². The summed E-state index contributed by atoms with van der Waals surface area (Å²) >= 11 is 0. The van der Waals surface area contributed by atoms with Crippen molar-refractivity contribution in [1.29, 1.82) is 0 Å². The molecule has 6 heteroatoms. The second-order valence-corrected chi connectivity index (χ2v) is 11.6. The highest BCUT2D eigenvalue weighted by molar-refractivity contribution is 6.00. The molecule has 4 rings (SSSR count). The summed E-state index contributed by atoms with van der Waals surface area (Å²) in [6, 6.07) is 0. The SMILES string of the molecule is COCO[C@@H]1CC[C@]2(C)C3CC[C@@]4(C)C(=C3[C@H](O)C[C@@H]2C1)C(=O)C[C@@H]4[C@H](C)CCC(=O)OC. The van der Waals surface area contributed by atoms with Gasteiger partial charge in [-0.1, -0.05) is 20.8 Å². The Balaban J connectivity index is 1.60. The number of aliphatic hydroxyl groups is 1. The minimum absolute atomic E-state index is 0.102. The monoisotopic (exact) mass is 462 g/mol. The van der Waals surface area contributed by atoms with Gasteiger partial charge in [-0.05, 0) is 85.0 Å². The Hall–Kier alpha value is -1.24. The molecule has 1 N–H and O–H groups in total. The molecule has 3 saturated carbocycles. The van der Waals surface area contributed by atoms with Gasteiger partial charge in [0.25, 0.3) is 0 Å². The maximum absolute atomic E-state index is 13.5. The number of ketones is 1. The van der Waals surface area contributed by atoms with Crippen LogP contribution in [0.4, 0.5) is 0 Å². The molecule has 0 aromatic rings. The number of ether oxygens (including phenoxy) is 3. The molecule has 0 radical (unpaired) electrons. The van der Waals surface area contributed by atoms with Crippen LogP contribution in [0.25, 0.3) is 0 Å². The van der Waals surface area contributed by atoms with Crippen molar-refractivity contribution in [3.8, 4) is 0 Å². The average Bonchev–Trinajstić information content (AvgIpc) is 3.07. The van der Waals surface area contributed by atoms with Crippen LogP contribution in [0.5, 0.6) is 0 Å². The van der Waals surface area contributed by atoms with E-state index in [1.165, 1.54) is 7.11 Å². The van der Waals surface area contributed by atoms with Crippen LogP contribution in [0.1, 0.15) is 78.6 Å². The molecule has 8 atom stereocenters. The molecule has 4 aliphatic carbocycles. The average molecular weight is 463 g/mol. The highest BCUT2D eigenvalue weighted by Gasteiger charge is 2.60. The number of rotatable bonds is 7. The molecule has 0 bridgehead atoms. The summed E-state index contributed by atoms with van der Waals surface area (Å²) in [7, 11) is 3.07. The van der Waals surface area contributed by atoms with Crippen molar-refractivity contribution in [1.82, 2.24) is 0 Å². The fourth-order valence-electron chi connectivity index (χ4n) is 8.08. The molecule has 3 fully saturated rings. The van der Waals surface area contributed by atoms with Crippen molar-refractivity contribution in [2.75, 3.05) is 21.0 Å². The van der Waals surface area contributed by atoms with Gasteiger partial charge in [-0.25, -0.2) is 0 Å². The van der Waals surface area contributed by atoms with E-state index in [1.807, 2.05) is 0 Å². The third kappa shape index (κ3) is 4.21. The molecule has 186 valence electrons. The van der Waals surface area contributed by atoms with Gasteiger partial charge in [-0.15, -0.1) is 0 Å². The summed E-state index contributed by atoms with van der Waals surface area (Å²) in [4.78, 5) is 25.2. The molecule has 6 nitrogen and oxygen atoms in total. The topological polar surface area (TPSA) is 82.1 Å².